The molecule has 2 N–H and O–H groups in total. The van der Waals surface area contributed by atoms with E-state index in [1.54, 1.807) is 6.33 Å². The fourth-order valence-electron chi connectivity index (χ4n) is 3.43. The molecule has 1 aromatic heterocycles. The highest BCUT2D eigenvalue weighted by molar-refractivity contribution is 5.46. The molecule has 3 heterocycles. The van der Waals surface area contributed by atoms with E-state index in [9.17, 15) is 0 Å². The van der Waals surface area contributed by atoms with Gasteiger partial charge in [-0.1, -0.05) is 0 Å². The van der Waals surface area contributed by atoms with Gasteiger partial charge in [-0.2, -0.15) is 0 Å². The average molecular weight is 291 g/mol. The summed E-state index contributed by atoms with van der Waals surface area (Å²) in [4.78, 5) is 13.2. The van der Waals surface area contributed by atoms with Gasteiger partial charge in [-0.05, 0) is 25.7 Å². The first-order valence-electron chi connectivity index (χ1n) is 7.88. The number of anilines is 2. The van der Waals surface area contributed by atoms with Gasteiger partial charge in [0.05, 0.1) is 13.2 Å². The molecule has 3 rings (SSSR count). The van der Waals surface area contributed by atoms with Crippen molar-refractivity contribution in [2.75, 3.05) is 50.0 Å². The largest absolute Gasteiger partial charge is 0.384 e. The van der Waals surface area contributed by atoms with E-state index in [1.165, 1.54) is 12.8 Å². The number of aromatic nitrogens is 2. The second-order valence-electron chi connectivity index (χ2n) is 6.01. The zero-order chi connectivity index (χ0) is 14.7. The standard InChI is InChI=1S/C15H25N5O/c1-12(19-6-8-21-9-7-19)13-2-4-20(5-3-13)15-10-14(16)17-11-18-15/h10-13H,2-9H2,1H3,(H2,16,17,18)/t12-/m1/s1. The van der Waals surface area contributed by atoms with Crippen LogP contribution in [0.3, 0.4) is 0 Å². The highest BCUT2D eigenvalue weighted by Crippen LogP contribution is 2.27. The van der Waals surface area contributed by atoms with Crippen LogP contribution in [-0.2, 0) is 4.74 Å². The average Bonchev–Trinajstić information content (AvgIpc) is 2.55. The number of nitrogens with two attached hydrogens (primary N) is 1. The third kappa shape index (κ3) is 3.44. The van der Waals surface area contributed by atoms with Gasteiger partial charge in [0.1, 0.15) is 18.0 Å². The SMILES string of the molecule is C[C@H](C1CCN(c2cc(N)ncn2)CC1)N1CCOCC1. The van der Waals surface area contributed by atoms with E-state index in [2.05, 4.69) is 26.7 Å². The van der Waals surface area contributed by atoms with Crippen LogP contribution in [-0.4, -0.2) is 60.3 Å². The summed E-state index contributed by atoms with van der Waals surface area (Å²) >= 11 is 0. The van der Waals surface area contributed by atoms with Crippen LogP contribution < -0.4 is 10.6 Å². The Morgan fingerprint density at radius 1 is 1.19 bits per heavy atom. The van der Waals surface area contributed by atoms with E-state index in [1.807, 2.05) is 6.07 Å². The number of nitrogen functional groups attached to an aromatic ring is 1. The molecule has 2 aliphatic heterocycles. The maximum Gasteiger partial charge on any atom is 0.134 e. The van der Waals surface area contributed by atoms with Gasteiger partial charge in [0.2, 0.25) is 0 Å². The van der Waals surface area contributed by atoms with Crippen LogP contribution >= 0.6 is 0 Å². The van der Waals surface area contributed by atoms with Gasteiger partial charge in [0.25, 0.3) is 0 Å². The Morgan fingerprint density at radius 3 is 2.57 bits per heavy atom. The van der Waals surface area contributed by atoms with Gasteiger partial charge in [0.15, 0.2) is 0 Å². The molecule has 2 fully saturated rings. The van der Waals surface area contributed by atoms with E-state index in [0.29, 0.717) is 11.9 Å². The van der Waals surface area contributed by atoms with E-state index in [-0.39, 0.29) is 0 Å². The summed E-state index contributed by atoms with van der Waals surface area (Å²) in [6.07, 6.45) is 3.97. The van der Waals surface area contributed by atoms with Gasteiger partial charge in [-0.15, -0.1) is 0 Å². The molecule has 6 heteroatoms. The van der Waals surface area contributed by atoms with Gasteiger partial charge >= 0.3 is 0 Å². The molecule has 0 saturated carbocycles. The molecular formula is C15H25N5O. The fourth-order valence-corrected chi connectivity index (χ4v) is 3.43. The summed E-state index contributed by atoms with van der Waals surface area (Å²) in [6, 6.07) is 2.51. The lowest BCUT2D eigenvalue weighted by atomic mass is 9.89. The third-order valence-electron chi connectivity index (χ3n) is 4.84. The van der Waals surface area contributed by atoms with Gasteiger partial charge in [0, 0.05) is 38.3 Å². The maximum atomic E-state index is 5.74. The molecule has 2 aliphatic rings. The molecule has 0 radical (unpaired) electrons. The monoisotopic (exact) mass is 291 g/mol. The normalized spacial score (nSPS) is 23.2. The number of nitrogens with zero attached hydrogens (tertiary/aromatic N) is 4. The van der Waals surface area contributed by atoms with Crippen LogP contribution in [0.15, 0.2) is 12.4 Å². The van der Waals surface area contributed by atoms with Gasteiger partial charge in [-0.3, -0.25) is 4.90 Å². The molecule has 116 valence electrons. The van der Waals surface area contributed by atoms with Crippen molar-refractivity contribution in [2.45, 2.75) is 25.8 Å². The van der Waals surface area contributed by atoms with E-state index in [4.69, 9.17) is 10.5 Å². The predicted molar refractivity (Wildman–Crippen MR) is 83.2 cm³/mol. The molecule has 0 aliphatic carbocycles. The second-order valence-corrected chi connectivity index (χ2v) is 6.01. The minimum absolute atomic E-state index is 0.545. The van der Waals surface area contributed by atoms with Crippen molar-refractivity contribution >= 4 is 11.6 Å². The van der Waals surface area contributed by atoms with Gasteiger partial charge in [-0.25, -0.2) is 9.97 Å². The molecule has 0 bridgehead atoms. The van der Waals surface area contributed by atoms with Crippen molar-refractivity contribution < 1.29 is 4.74 Å². The van der Waals surface area contributed by atoms with Crippen molar-refractivity contribution in [3.05, 3.63) is 12.4 Å². The summed E-state index contributed by atoms with van der Waals surface area (Å²) in [5.41, 5.74) is 5.74. The molecule has 2 saturated heterocycles. The van der Waals surface area contributed by atoms with Crippen molar-refractivity contribution in [1.29, 1.82) is 0 Å². The smallest absolute Gasteiger partial charge is 0.134 e. The molecule has 0 unspecified atom stereocenters. The number of morpholine rings is 1. The Morgan fingerprint density at radius 2 is 1.90 bits per heavy atom. The number of piperidine rings is 1. The Hall–Kier alpha value is -1.40. The number of ether oxygens (including phenoxy) is 1. The van der Waals surface area contributed by atoms with Crippen LogP contribution in [0.1, 0.15) is 19.8 Å². The zero-order valence-corrected chi connectivity index (χ0v) is 12.7. The fraction of sp³-hybridized carbons (Fsp3) is 0.733. The lowest BCUT2D eigenvalue weighted by Crippen LogP contribution is -2.48. The number of hydrogen-bond donors (Lipinski definition) is 1. The molecule has 21 heavy (non-hydrogen) atoms. The Kier molecular flexibility index (Phi) is 4.55. The van der Waals surface area contributed by atoms with Crippen molar-refractivity contribution in [3.8, 4) is 0 Å². The van der Waals surface area contributed by atoms with Crippen molar-refractivity contribution in [2.24, 2.45) is 5.92 Å². The van der Waals surface area contributed by atoms with Gasteiger partial charge < -0.3 is 15.4 Å². The molecule has 0 aromatic carbocycles. The topological polar surface area (TPSA) is 67.5 Å². The maximum absolute atomic E-state index is 5.74. The summed E-state index contributed by atoms with van der Waals surface area (Å²) in [7, 11) is 0. The molecular weight excluding hydrogens is 266 g/mol. The highest BCUT2D eigenvalue weighted by Gasteiger charge is 2.28. The Balaban J connectivity index is 1.54. The molecule has 0 spiro atoms. The highest BCUT2D eigenvalue weighted by atomic mass is 16.5. The minimum atomic E-state index is 0.545. The second kappa shape index (κ2) is 6.58. The quantitative estimate of drug-likeness (QED) is 0.896. The van der Waals surface area contributed by atoms with Crippen LogP contribution in [0, 0.1) is 5.92 Å². The predicted octanol–water partition coefficient (Wildman–Crippen LogP) is 0.996. The van der Waals surface area contributed by atoms with Crippen molar-refractivity contribution in [3.63, 3.8) is 0 Å². The van der Waals surface area contributed by atoms with E-state index in [0.717, 1.165) is 51.1 Å². The Labute approximate surface area is 126 Å². The number of hydrogen-bond acceptors (Lipinski definition) is 6. The van der Waals surface area contributed by atoms with Crippen LogP contribution in [0.5, 0.6) is 0 Å². The van der Waals surface area contributed by atoms with Crippen LogP contribution in [0.25, 0.3) is 0 Å². The first kappa shape index (κ1) is 14.5. The zero-order valence-electron chi connectivity index (χ0n) is 12.7. The lowest BCUT2D eigenvalue weighted by Gasteiger charge is -2.41. The summed E-state index contributed by atoms with van der Waals surface area (Å²) in [5.74, 6) is 2.27. The van der Waals surface area contributed by atoms with Crippen molar-refractivity contribution in [1.82, 2.24) is 14.9 Å². The first-order valence-corrected chi connectivity index (χ1v) is 7.88. The molecule has 1 atom stereocenters. The summed E-state index contributed by atoms with van der Waals surface area (Å²) in [6.45, 7) is 8.38. The molecule has 6 nitrogen and oxygen atoms in total. The molecule has 1 aromatic rings. The first-order chi connectivity index (χ1) is 10.2. The Bertz CT molecular complexity index is 455. The molecule has 0 amide bonds. The summed E-state index contributed by atoms with van der Waals surface area (Å²) < 4.78 is 5.45. The van der Waals surface area contributed by atoms with Crippen LogP contribution in [0.2, 0.25) is 0 Å². The van der Waals surface area contributed by atoms with Crippen LogP contribution in [0.4, 0.5) is 11.6 Å². The lowest BCUT2D eigenvalue weighted by molar-refractivity contribution is 0.00448. The third-order valence-corrected chi connectivity index (χ3v) is 4.84. The summed E-state index contributed by atoms with van der Waals surface area (Å²) in [5, 5.41) is 0. The number of rotatable bonds is 3. The minimum Gasteiger partial charge on any atom is -0.384 e. The van der Waals surface area contributed by atoms with E-state index >= 15 is 0 Å². The van der Waals surface area contributed by atoms with E-state index < -0.39 is 0 Å².